The minimum Gasteiger partial charge on any atom is -0.481 e. The minimum absolute atomic E-state index is 0.215. The van der Waals surface area contributed by atoms with Crippen LogP contribution in [-0.2, 0) is 4.79 Å². The maximum Gasteiger partial charge on any atom is 0.308 e. The van der Waals surface area contributed by atoms with Crippen molar-refractivity contribution < 1.29 is 9.90 Å². The number of rotatable bonds is 6. The molecule has 0 aliphatic heterocycles. The van der Waals surface area contributed by atoms with Crippen LogP contribution in [0.3, 0.4) is 0 Å². The van der Waals surface area contributed by atoms with Crippen molar-refractivity contribution >= 4 is 5.97 Å². The van der Waals surface area contributed by atoms with Crippen LogP contribution in [0, 0.1) is 5.92 Å². The van der Waals surface area contributed by atoms with Gasteiger partial charge >= 0.3 is 5.97 Å². The summed E-state index contributed by atoms with van der Waals surface area (Å²) in [5, 5.41) is 8.72. The van der Waals surface area contributed by atoms with E-state index in [2.05, 4.69) is 13.8 Å². The number of hydrogen-bond acceptors (Lipinski definition) is 2. The molecule has 0 spiro atoms. The van der Waals surface area contributed by atoms with Gasteiger partial charge in [-0.3, -0.25) is 4.79 Å². The topological polar surface area (TPSA) is 63.3 Å². The minimum atomic E-state index is -0.801. The summed E-state index contributed by atoms with van der Waals surface area (Å²) in [4.78, 5) is 10.6. The third-order valence-corrected chi connectivity index (χ3v) is 2.23. The van der Waals surface area contributed by atoms with E-state index in [1.165, 1.54) is 5.57 Å². The molecule has 0 saturated heterocycles. The predicted molar refractivity (Wildman–Crippen MR) is 53.5 cm³/mol. The average Bonchev–Trinajstić information content (AvgIpc) is 2.12. The molecule has 1 atom stereocenters. The van der Waals surface area contributed by atoms with Crippen molar-refractivity contribution in [2.45, 2.75) is 33.1 Å². The molecule has 0 aliphatic rings. The second-order valence-corrected chi connectivity index (χ2v) is 3.08. The number of carboxylic acid groups (broad SMARTS) is 1. The number of nitrogens with two attached hydrogens (primary N) is 1. The quantitative estimate of drug-likeness (QED) is 0.620. The molecule has 0 bridgehead atoms. The van der Waals surface area contributed by atoms with Gasteiger partial charge in [-0.15, -0.1) is 0 Å². The van der Waals surface area contributed by atoms with Gasteiger partial charge in [0.15, 0.2) is 0 Å². The van der Waals surface area contributed by atoms with Crippen molar-refractivity contribution in [1.29, 1.82) is 0 Å². The summed E-state index contributed by atoms with van der Waals surface area (Å²) in [5.74, 6) is -1.22. The van der Waals surface area contributed by atoms with E-state index in [4.69, 9.17) is 10.8 Å². The third-order valence-electron chi connectivity index (χ3n) is 2.23. The van der Waals surface area contributed by atoms with Gasteiger partial charge < -0.3 is 10.8 Å². The molecule has 0 radical (unpaired) electrons. The maximum atomic E-state index is 10.6. The van der Waals surface area contributed by atoms with E-state index in [1.807, 2.05) is 6.08 Å². The Hall–Kier alpha value is -0.830. The molecule has 0 aromatic heterocycles. The highest BCUT2D eigenvalue weighted by Crippen LogP contribution is 2.10. The summed E-state index contributed by atoms with van der Waals surface area (Å²) in [6.45, 7) is 4.37. The van der Waals surface area contributed by atoms with Gasteiger partial charge in [0.05, 0.1) is 5.92 Å². The molecular formula is C10H19NO2. The molecule has 3 nitrogen and oxygen atoms in total. The molecule has 0 unspecified atom stereocenters. The fourth-order valence-corrected chi connectivity index (χ4v) is 1.15. The third kappa shape index (κ3) is 4.68. The van der Waals surface area contributed by atoms with E-state index in [0.717, 1.165) is 12.8 Å². The van der Waals surface area contributed by atoms with Crippen LogP contribution in [0.4, 0.5) is 0 Å². The van der Waals surface area contributed by atoms with E-state index in [1.54, 1.807) is 0 Å². The summed E-state index contributed by atoms with van der Waals surface area (Å²) in [5.41, 5.74) is 6.64. The molecule has 0 heterocycles. The van der Waals surface area contributed by atoms with Crippen molar-refractivity contribution in [2.75, 3.05) is 6.54 Å². The number of carbonyl (C=O) groups is 1. The summed E-state index contributed by atoms with van der Waals surface area (Å²) >= 11 is 0. The van der Waals surface area contributed by atoms with Crippen LogP contribution in [0.2, 0.25) is 0 Å². The molecule has 0 aromatic carbocycles. The van der Waals surface area contributed by atoms with Crippen LogP contribution in [0.5, 0.6) is 0 Å². The molecule has 0 aromatic rings. The number of aliphatic carboxylic acids is 1. The molecule has 0 rings (SSSR count). The van der Waals surface area contributed by atoms with Crippen LogP contribution in [0.25, 0.3) is 0 Å². The molecule has 0 aliphatic carbocycles. The lowest BCUT2D eigenvalue weighted by atomic mass is 10.0. The Morgan fingerprint density at radius 1 is 1.46 bits per heavy atom. The fraction of sp³-hybridized carbons (Fsp3) is 0.700. The molecule has 3 heteroatoms. The van der Waals surface area contributed by atoms with Crippen LogP contribution in [0.1, 0.15) is 33.1 Å². The van der Waals surface area contributed by atoms with Gasteiger partial charge in [-0.25, -0.2) is 0 Å². The van der Waals surface area contributed by atoms with Crippen molar-refractivity contribution in [3.63, 3.8) is 0 Å². The Labute approximate surface area is 79.6 Å². The van der Waals surface area contributed by atoms with E-state index in [0.29, 0.717) is 6.42 Å². The second kappa shape index (κ2) is 6.66. The van der Waals surface area contributed by atoms with Gasteiger partial charge in [0.1, 0.15) is 0 Å². The van der Waals surface area contributed by atoms with Gasteiger partial charge in [0.25, 0.3) is 0 Å². The highest BCUT2D eigenvalue weighted by molar-refractivity contribution is 5.70. The molecular weight excluding hydrogens is 166 g/mol. The van der Waals surface area contributed by atoms with Gasteiger partial charge in [-0.1, -0.05) is 25.5 Å². The fourth-order valence-electron chi connectivity index (χ4n) is 1.15. The van der Waals surface area contributed by atoms with Crippen LogP contribution >= 0.6 is 0 Å². The second-order valence-electron chi connectivity index (χ2n) is 3.08. The standard InChI is InChI=1S/C10H19NO2/c1-3-8(4-2)5-6-9(7-11)10(12)13/h5,9H,3-4,6-7,11H2,1-2H3,(H,12,13)/t9-/m0/s1. The monoisotopic (exact) mass is 185 g/mol. The van der Waals surface area contributed by atoms with Crippen molar-refractivity contribution in [2.24, 2.45) is 11.7 Å². The van der Waals surface area contributed by atoms with Crippen molar-refractivity contribution in [3.8, 4) is 0 Å². The zero-order valence-corrected chi connectivity index (χ0v) is 8.42. The number of hydrogen-bond donors (Lipinski definition) is 2. The number of allylic oxidation sites excluding steroid dienone is 2. The summed E-state index contributed by atoms with van der Waals surface area (Å²) in [6, 6.07) is 0. The van der Waals surface area contributed by atoms with E-state index in [-0.39, 0.29) is 6.54 Å². The van der Waals surface area contributed by atoms with Crippen LogP contribution < -0.4 is 5.73 Å². The smallest absolute Gasteiger partial charge is 0.308 e. The molecule has 0 saturated carbocycles. The SMILES string of the molecule is CCC(=CC[C@@H](CN)C(=O)O)CC. The maximum absolute atomic E-state index is 10.6. The molecule has 0 amide bonds. The van der Waals surface area contributed by atoms with Gasteiger partial charge in [-0.05, 0) is 19.3 Å². The van der Waals surface area contributed by atoms with Crippen LogP contribution in [0.15, 0.2) is 11.6 Å². The Morgan fingerprint density at radius 2 is 2.00 bits per heavy atom. The summed E-state index contributed by atoms with van der Waals surface area (Å²) < 4.78 is 0. The predicted octanol–water partition coefficient (Wildman–Crippen LogP) is 1.78. The van der Waals surface area contributed by atoms with Crippen molar-refractivity contribution in [3.05, 3.63) is 11.6 Å². The van der Waals surface area contributed by atoms with Crippen molar-refractivity contribution in [1.82, 2.24) is 0 Å². The highest BCUT2D eigenvalue weighted by atomic mass is 16.4. The largest absolute Gasteiger partial charge is 0.481 e. The van der Waals surface area contributed by atoms with E-state index in [9.17, 15) is 4.79 Å². The lowest BCUT2D eigenvalue weighted by Gasteiger charge is -2.07. The first-order valence-corrected chi connectivity index (χ1v) is 4.76. The average molecular weight is 185 g/mol. The van der Waals surface area contributed by atoms with Gasteiger partial charge in [-0.2, -0.15) is 0 Å². The van der Waals surface area contributed by atoms with E-state index >= 15 is 0 Å². The summed E-state index contributed by atoms with van der Waals surface area (Å²) in [7, 11) is 0. The van der Waals surface area contributed by atoms with Gasteiger partial charge in [0.2, 0.25) is 0 Å². The Balaban J connectivity index is 4.09. The lowest BCUT2D eigenvalue weighted by molar-refractivity contribution is -0.141. The Bertz CT molecular complexity index is 181. The molecule has 3 N–H and O–H groups in total. The first-order chi connectivity index (χ1) is 6.15. The molecule has 76 valence electrons. The first kappa shape index (κ1) is 12.2. The Kier molecular flexibility index (Phi) is 6.24. The summed E-state index contributed by atoms with van der Waals surface area (Å²) in [6.07, 6.45) is 4.55. The normalized spacial score (nSPS) is 12.2. The first-order valence-electron chi connectivity index (χ1n) is 4.76. The molecule has 13 heavy (non-hydrogen) atoms. The highest BCUT2D eigenvalue weighted by Gasteiger charge is 2.13. The molecule has 0 fully saturated rings. The van der Waals surface area contributed by atoms with E-state index < -0.39 is 11.9 Å². The van der Waals surface area contributed by atoms with Gasteiger partial charge in [0, 0.05) is 6.54 Å². The van der Waals surface area contributed by atoms with Crippen LogP contribution in [-0.4, -0.2) is 17.6 Å². The number of carboxylic acids is 1. The Morgan fingerprint density at radius 3 is 2.31 bits per heavy atom. The lowest BCUT2D eigenvalue weighted by Crippen LogP contribution is -2.22. The zero-order chi connectivity index (χ0) is 10.3. The zero-order valence-electron chi connectivity index (χ0n) is 8.42.